The smallest absolute Gasteiger partial charge is 0.124 e. The van der Waals surface area contributed by atoms with E-state index in [4.69, 9.17) is 4.74 Å². The number of carbonyl (C=O) groups excluding carboxylic acids is 1. The van der Waals surface area contributed by atoms with Gasteiger partial charge in [0.1, 0.15) is 6.29 Å². The van der Waals surface area contributed by atoms with Gasteiger partial charge >= 0.3 is 0 Å². The van der Waals surface area contributed by atoms with Crippen molar-refractivity contribution in [3.8, 4) is 0 Å². The Morgan fingerprint density at radius 2 is 2.50 bits per heavy atom. The molecule has 0 aromatic carbocycles. The third-order valence-electron chi connectivity index (χ3n) is 0.720. The molecule has 0 bridgehead atoms. The molecule has 0 fully saturated rings. The Morgan fingerprint density at radius 1 is 1.88 bits per heavy atom. The van der Waals surface area contributed by atoms with Crippen LogP contribution in [0.1, 0.15) is 6.42 Å². The predicted octanol–water partition coefficient (Wildman–Crippen LogP) is 0.778. The zero-order chi connectivity index (χ0) is 6.41. The second-order valence-corrected chi connectivity index (χ2v) is 1.55. The molecule has 46 valence electrons. The Hall–Kier alpha value is -0.630. The molecule has 0 radical (unpaired) electrons. The van der Waals surface area contributed by atoms with E-state index in [-0.39, 0.29) is 0 Å². The summed E-state index contributed by atoms with van der Waals surface area (Å²) < 4.78 is 4.70. The van der Waals surface area contributed by atoms with E-state index >= 15 is 0 Å². The van der Waals surface area contributed by atoms with E-state index in [0.717, 1.165) is 11.9 Å². The van der Waals surface area contributed by atoms with E-state index in [2.05, 4.69) is 6.58 Å². The van der Waals surface area contributed by atoms with Gasteiger partial charge in [-0.3, -0.25) is 0 Å². The molecule has 0 atom stereocenters. The fraction of sp³-hybridized carbons (Fsp3) is 0.500. The quantitative estimate of drug-likeness (QED) is 0.398. The van der Waals surface area contributed by atoms with Crippen LogP contribution in [0.5, 0.6) is 0 Å². The number of carbonyl (C=O) groups is 1. The van der Waals surface area contributed by atoms with Crippen LogP contribution in [0.2, 0.25) is 0 Å². The molecule has 0 aliphatic carbocycles. The largest absolute Gasteiger partial charge is 0.380 e. The summed E-state index contributed by atoms with van der Waals surface area (Å²) in [6, 6.07) is 0. The molecule has 0 unspecified atom stereocenters. The monoisotopic (exact) mass is 114 g/mol. The average molecular weight is 114 g/mol. The minimum absolute atomic E-state index is 0.411. The lowest BCUT2D eigenvalue weighted by Gasteiger charge is -1.95. The van der Waals surface area contributed by atoms with Gasteiger partial charge in [-0.25, -0.2) is 0 Å². The van der Waals surface area contributed by atoms with Gasteiger partial charge in [0.15, 0.2) is 0 Å². The van der Waals surface area contributed by atoms with Crippen LogP contribution in [0.3, 0.4) is 0 Å². The molecular formula is C6H10O2. The summed E-state index contributed by atoms with van der Waals surface area (Å²) >= 11 is 0. The molecule has 0 aliphatic rings. The minimum Gasteiger partial charge on any atom is -0.380 e. The standard InChI is InChI=1S/C6H10O2/c1-6(3-4-7)5-8-2/h4H,1,3,5H2,2H3. The van der Waals surface area contributed by atoms with Gasteiger partial charge in [-0.1, -0.05) is 6.58 Å². The number of rotatable bonds is 4. The van der Waals surface area contributed by atoms with Crippen molar-refractivity contribution in [1.29, 1.82) is 0 Å². The van der Waals surface area contributed by atoms with Gasteiger partial charge in [0.2, 0.25) is 0 Å². The topological polar surface area (TPSA) is 26.3 Å². The number of hydrogen-bond acceptors (Lipinski definition) is 2. The Morgan fingerprint density at radius 3 is 2.88 bits per heavy atom. The van der Waals surface area contributed by atoms with Crippen molar-refractivity contribution in [1.82, 2.24) is 0 Å². The summed E-state index contributed by atoms with van der Waals surface area (Å²) in [4.78, 5) is 9.77. The predicted molar refractivity (Wildman–Crippen MR) is 31.7 cm³/mol. The van der Waals surface area contributed by atoms with E-state index in [1.54, 1.807) is 7.11 Å². The van der Waals surface area contributed by atoms with Crippen molar-refractivity contribution < 1.29 is 9.53 Å². The molecule has 0 aromatic heterocycles. The van der Waals surface area contributed by atoms with Gasteiger partial charge in [-0.05, 0) is 5.57 Å². The Balaban J connectivity index is 3.18. The zero-order valence-electron chi connectivity index (χ0n) is 5.02. The minimum atomic E-state index is 0.411. The van der Waals surface area contributed by atoms with Crippen LogP contribution in [0, 0.1) is 0 Å². The fourth-order valence-corrected chi connectivity index (χ4v) is 0.381. The Kier molecular flexibility index (Phi) is 4.17. The van der Waals surface area contributed by atoms with Crippen LogP contribution in [0.15, 0.2) is 12.2 Å². The summed E-state index contributed by atoms with van der Waals surface area (Å²) in [5, 5.41) is 0. The lowest BCUT2D eigenvalue weighted by Crippen LogP contribution is -1.92. The molecule has 2 heteroatoms. The molecule has 0 rings (SSSR count). The van der Waals surface area contributed by atoms with Gasteiger partial charge < -0.3 is 9.53 Å². The normalized spacial score (nSPS) is 8.62. The first-order valence-electron chi connectivity index (χ1n) is 2.40. The van der Waals surface area contributed by atoms with Crippen molar-refractivity contribution in [2.75, 3.05) is 13.7 Å². The molecule has 0 N–H and O–H groups in total. The number of aldehydes is 1. The molecule has 8 heavy (non-hydrogen) atoms. The van der Waals surface area contributed by atoms with Gasteiger partial charge in [0.05, 0.1) is 6.61 Å². The summed E-state index contributed by atoms with van der Waals surface area (Å²) in [6.45, 7) is 4.06. The van der Waals surface area contributed by atoms with Gasteiger partial charge in [0, 0.05) is 13.5 Å². The van der Waals surface area contributed by atoms with E-state index < -0.39 is 0 Å². The second-order valence-electron chi connectivity index (χ2n) is 1.55. The zero-order valence-corrected chi connectivity index (χ0v) is 5.02. The number of methoxy groups -OCH3 is 1. The summed E-state index contributed by atoms with van der Waals surface area (Å²) in [7, 11) is 1.58. The Labute approximate surface area is 49.1 Å². The van der Waals surface area contributed by atoms with Gasteiger partial charge in [-0.15, -0.1) is 0 Å². The fourth-order valence-electron chi connectivity index (χ4n) is 0.381. The first kappa shape index (κ1) is 7.37. The molecular weight excluding hydrogens is 104 g/mol. The third kappa shape index (κ3) is 3.56. The molecule has 0 aliphatic heterocycles. The van der Waals surface area contributed by atoms with Gasteiger partial charge in [0.25, 0.3) is 0 Å². The van der Waals surface area contributed by atoms with Crippen LogP contribution in [-0.4, -0.2) is 20.0 Å². The lowest BCUT2D eigenvalue weighted by atomic mass is 10.2. The van der Waals surface area contributed by atoms with Crippen LogP contribution < -0.4 is 0 Å². The van der Waals surface area contributed by atoms with E-state index in [1.807, 2.05) is 0 Å². The third-order valence-corrected chi connectivity index (χ3v) is 0.720. The second kappa shape index (κ2) is 4.53. The molecule has 0 spiro atoms. The molecule has 0 amide bonds. The van der Waals surface area contributed by atoms with Crippen LogP contribution in [0.25, 0.3) is 0 Å². The summed E-state index contributed by atoms with van der Waals surface area (Å²) in [5.41, 5.74) is 0.822. The van der Waals surface area contributed by atoms with Crippen molar-refractivity contribution in [2.24, 2.45) is 0 Å². The van der Waals surface area contributed by atoms with E-state index in [0.29, 0.717) is 13.0 Å². The van der Waals surface area contributed by atoms with Crippen molar-refractivity contribution in [3.05, 3.63) is 12.2 Å². The molecule has 0 saturated heterocycles. The van der Waals surface area contributed by atoms with E-state index in [1.165, 1.54) is 0 Å². The summed E-state index contributed by atoms with van der Waals surface area (Å²) in [5.74, 6) is 0. The molecule has 0 heterocycles. The molecule has 2 nitrogen and oxygen atoms in total. The van der Waals surface area contributed by atoms with Crippen LogP contribution in [0.4, 0.5) is 0 Å². The number of ether oxygens (including phenoxy) is 1. The van der Waals surface area contributed by atoms with Crippen LogP contribution in [-0.2, 0) is 9.53 Å². The SMILES string of the molecule is C=C(CC=O)COC. The maximum atomic E-state index is 9.77. The first-order valence-corrected chi connectivity index (χ1v) is 2.40. The highest BCUT2D eigenvalue weighted by Gasteiger charge is 1.88. The highest BCUT2D eigenvalue weighted by Crippen LogP contribution is 1.92. The molecule has 0 aromatic rings. The summed E-state index contributed by atoms with van der Waals surface area (Å²) in [6.07, 6.45) is 1.23. The van der Waals surface area contributed by atoms with Crippen LogP contribution >= 0.6 is 0 Å². The maximum absolute atomic E-state index is 9.77. The maximum Gasteiger partial charge on any atom is 0.124 e. The van der Waals surface area contributed by atoms with E-state index in [9.17, 15) is 4.79 Å². The van der Waals surface area contributed by atoms with Crippen molar-refractivity contribution in [3.63, 3.8) is 0 Å². The molecule has 0 saturated carbocycles. The Bertz CT molecular complexity index is 86.5. The highest BCUT2D eigenvalue weighted by molar-refractivity contribution is 5.53. The lowest BCUT2D eigenvalue weighted by molar-refractivity contribution is -0.107. The first-order chi connectivity index (χ1) is 3.81. The van der Waals surface area contributed by atoms with Gasteiger partial charge in [-0.2, -0.15) is 0 Å². The van der Waals surface area contributed by atoms with Crippen molar-refractivity contribution >= 4 is 6.29 Å². The average Bonchev–Trinajstić information content (AvgIpc) is 1.68. The van der Waals surface area contributed by atoms with Crippen molar-refractivity contribution in [2.45, 2.75) is 6.42 Å². The number of hydrogen-bond donors (Lipinski definition) is 0. The highest BCUT2D eigenvalue weighted by atomic mass is 16.5.